The third-order valence-corrected chi connectivity index (χ3v) is 4.25. The number of phenols is 1. The first kappa shape index (κ1) is 18.5. The number of carbonyl (C=O) groups excluding carboxylic acids is 1. The van der Waals surface area contributed by atoms with Crippen molar-refractivity contribution in [3.05, 3.63) is 57.1 Å². The minimum absolute atomic E-state index is 0.0994. The molecule has 1 atom stereocenters. The Morgan fingerprint density at radius 3 is 2.85 bits per heavy atom. The van der Waals surface area contributed by atoms with Gasteiger partial charge in [-0.1, -0.05) is 0 Å². The lowest BCUT2D eigenvalue weighted by Gasteiger charge is -2.13. The number of nitrogens with one attached hydrogen (secondary N) is 1. The normalized spacial score (nSPS) is 15.0. The zero-order valence-corrected chi connectivity index (χ0v) is 15.0. The van der Waals surface area contributed by atoms with Crippen molar-refractivity contribution < 1.29 is 24.3 Å². The molecule has 0 bridgehead atoms. The summed E-state index contributed by atoms with van der Waals surface area (Å²) in [6.07, 6.45) is 0.909. The van der Waals surface area contributed by atoms with Crippen molar-refractivity contribution in [1.29, 1.82) is 0 Å². The highest BCUT2D eigenvalue weighted by atomic mass is 16.6. The minimum atomic E-state index is -0.711. The Hall–Kier alpha value is -3.29. The first-order chi connectivity index (χ1) is 12.9. The summed E-state index contributed by atoms with van der Waals surface area (Å²) in [7, 11) is 0. The molecule has 0 fully saturated rings. The molecule has 0 aliphatic carbocycles. The molecule has 27 heavy (non-hydrogen) atoms. The summed E-state index contributed by atoms with van der Waals surface area (Å²) in [5.74, 6) is 0.448. The first-order valence-corrected chi connectivity index (χ1v) is 8.60. The predicted octanol–water partition coefficient (Wildman–Crippen LogP) is 2.95. The lowest BCUT2D eigenvalue weighted by molar-refractivity contribution is -0.385. The van der Waals surface area contributed by atoms with Gasteiger partial charge >= 0.3 is 5.69 Å². The first-order valence-electron chi connectivity index (χ1n) is 8.60. The van der Waals surface area contributed by atoms with Crippen LogP contribution in [-0.4, -0.2) is 28.6 Å². The molecule has 0 spiro atoms. The van der Waals surface area contributed by atoms with E-state index in [-0.39, 0.29) is 18.2 Å². The molecule has 2 aromatic carbocycles. The fourth-order valence-electron chi connectivity index (χ4n) is 3.01. The number of carbonyl (C=O) groups is 1. The Balaban J connectivity index is 1.76. The molecular weight excluding hydrogens is 352 g/mol. The average molecular weight is 372 g/mol. The van der Waals surface area contributed by atoms with E-state index in [0.29, 0.717) is 12.4 Å². The van der Waals surface area contributed by atoms with Crippen LogP contribution >= 0.6 is 0 Å². The molecule has 1 aliphatic heterocycles. The molecule has 8 heteroatoms. The van der Waals surface area contributed by atoms with E-state index in [2.05, 4.69) is 5.32 Å². The van der Waals surface area contributed by atoms with Gasteiger partial charge in [0.1, 0.15) is 17.6 Å². The second-order valence-corrected chi connectivity index (χ2v) is 6.28. The molecule has 8 nitrogen and oxygen atoms in total. The molecule has 2 N–H and O–H groups in total. The number of aromatic hydroxyl groups is 1. The number of nitrogens with zero attached hydrogens (tertiary/aromatic N) is 1. The molecule has 1 heterocycles. The number of nitro groups is 1. The van der Waals surface area contributed by atoms with Crippen molar-refractivity contribution in [3.63, 3.8) is 0 Å². The number of rotatable bonds is 6. The zero-order valence-electron chi connectivity index (χ0n) is 15.0. The second kappa shape index (κ2) is 7.53. The molecular formula is C19H20N2O6. The van der Waals surface area contributed by atoms with Crippen molar-refractivity contribution in [3.8, 4) is 17.2 Å². The summed E-state index contributed by atoms with van der Waals surface area (Å²) in [5.41, 5.74) is 1.52. The standard InChI is InChI=1S/C19H20N2O6/c1-3-26-17-8-13-6-11(2)27-18(13)9-14(17)10-20-19(23)12-4-5-15(21(24)25)16(22)7-12/h4-5,7-9,11,22H,3,6,10H2,1-2H3,(H,20,23)/t11-/m1/s1. The molecule has 3 rings (SSSR count). The maximum atomic E-state index is 12.3. The largest absolute Gasteiger partial charge is 0.502 e. The topological polar surface area (TPSA) is 111 Å². The van der Waals surface area contributed by atoms with Gasteiger partial charge in [-0.3, -0.25) is 14.9 Å². The summed E-state index contributed by atoms with van der Waals surface area (Å²) >= 11 is 0. The summed E-state index contributed by atoms with van der Waals surface area (Å²) in [6, 6.07) is 7.26. The van der Waals surface area contributed by atoms with Gasteiger partial charge in [-0.05, 0) is 38.1 Å². The number of benzene rings is 2. The molecule has 2 aromatic rings. The number of ether oxygens (including phenoxy) is 2. The third-order valence-electron chi connectivity index (χ3n) is 4.25. The molecule has 1 aliphatic rings. The van der Waals surface area contributed by atoms with Crippen molar-refractivity contribution in [2.75, 3.05) is 6.61 Å². The van der Waals surface area contributed by atoms with E-state index in [1.807, 2.05) is 26.0 Å². The van der Waals surface area contributed by atoms with Crippen molar-refractivity contribution in [2.45, 2.75) is 32.9 Å². The third kappa shape index (κ3) is 3.94. The van der Waals surface area contributed by atoms with Crippen LogP contribution in [0.4, 0.5) is 5.69 Å². The van der Waals surface area contributed by atoms with E-state index in [0.717, 1.165) is 35.4 Å². The molecule has 0 saturated carbocycles. The highest BCUT2D eigenvalue weighted by Gasteiger charge is 2.22. The Labute approximate surface area is 155 Å². The van der Waals surface area contributed by atoms with Crippen LogP contribution in [0.3, 0.4) is 0 Å². The maximum absolute atomic E-state index is 12.3. The van der Waals surface area contributed by atoms with E-state index in [1.54, 1.807) is 0 Å². The van der Waals surface area contributed by atoms with Crippen LogP contribution in [0.1, 0.15) is 35.3 Å². The number of hydrogen-bond acceptors (Lipinski definition) is 6. The Morgan fingerprint density at radius 2 is 2.19 bits per heavy atom. The van der Waals surface area contributed by atoms with Crippen LogP contribution in [0.2, 0.25) is 0 Å². The Morgan fingerprint density at radius 1 is 1.41 bits per heavy atom. The predicted molar refractivity (Wildman–Crippen MR) is 97.3 cm³/mol. The van der Waals surface area contributed by atoms with Gasteiger partial charge in [0.15, 0.2) is 5.75 Å². The SMILES string of the molecule is CCOc1cc2c(cc1CNC(=O)c1ccc([N+](=O)[O-])c(O)c1)O[C@H](C)C2. The smallest absolute Gasteiger partial charge is 0.310 e. The monoisotopic (exact) mass is 372 g/mol. The highest BCUT2D eigenvalue weighted by molar-refractivity contribution is 5.95. The highest BCUT2D eigenvalue weighted by Crippen LogP contribution is 2.35. The van der Waals surface area contributed by atoms with E-state index in [9.17, 15) is 20.0 Å². The lowest BCUT2D eigenvalue weighted by atomic mass is 10.1. The molecule has 0 aromatic heterocycles. The van der Waals surface area contributed by atoms with Crippen LogP contribution in [0.5, 0.6) is 17.2 Å². The van der Waals surface area contributed by atoms with Gasteiger partial charge in [-0.2, -0.15) is 0 Å². The number of phenolic OH excluding ortho intramolecular Hbond substituents is 1. The van der Waals surface area contributed by atoms with Crippen LogP contribution in [0, 0.1) is 10.1 Å². The second-order valence-electron chi connectivity index (χ2n) is 6.28. The summed E-state index contributed by atoms with van der Waals surface area (Å²) in [4.78, 5) is 22.4. The van der Waals surface area contributed by atoms with Gasteiger partial charge < -0.3 is 19.9 Å². The summed E-state index contributed by atoms with van der Waals surface area (Å²) in [6.45, 7) is 4.56. The molecule has 0 radical (unpaired) electrons. The van der Waals surface area contributed by atoms with Gasteiger partial charge in [0, 0.05) is 35.7 Å². The number of nitro benzene ring substituents is 1. The molecule has 142 valence electrons. The maximum Gasteiger partial charge on any atom is 0.310 e. The number of fused-ring (bicyclic) bond motifs is 1. The molecule has 0 saturated heterocycles. The summed E-state index contributed by atoms with van der Waals surface area (Å²) < 4.78 is 11.4. The van der Waals surface area contributed by atoms with Crippen LogP contribution in [0.25, 0.3) is 0 Å². The number of amides is 1. The van der Waals surface area contributed by atoms with Gasteiger partial charge in [-0.25, -0.2) is 0 Å². The van der Waals surface area contributed by atoms with Crippen molar-refractivity contribution in [2.24, 2.45) is 0 Å². The van der Waals surface area contributed by atoms with E-state index < -0.39 is 22.3 Å². The lowest BCUT2D eigenvalue weighted by Crippen LogP contribution is -2.23. The molecule has 1 amide bonds. The average Bonchev–Trinajstić information content (AvgIpc) is 2.98. The number of hydrogen-bond donors (Lipinski definition) is 2. The van der Waals surface area contributed by atoms with E-state index in [4.69, 9.17) is 9.47 Å². The van der Waals surface area contributed by atoms with Crippen LogP contribution < -0.4 is 14.8 Å². The fraction of sp³-hybridized carbons (Fsp3) is 0.316. The van der Waals surface area contributed by atoms with Crippen molar-refractivity contribution >= 4 is 11.6 Å². The fourth-order valence-corrected chi connectivity index (χ4v) is 3.01. The quantitative estimate of drug-likeness (QED) is 0.596. The zero-order chi connectivity index (χ0) is 19.6. The van der Waals surface area contributed by atoms with E-state index >= 15 is 0 Å². The van der Waals surface area contributed by atoms with E-state index in [1.165, 1.54) is 6.07 Å². The Kier molecular flexibility index (Phi) is 5.16. The minimum Gasteiger partial charge on any atom is -0.502 e. The van der Waals surface area contributed by atoms with Crippen LogP contribution in [0.15, 0.2) is 30.3 Å². The summed E-state index contributed by atoms with van der Waals surface area (Å²) in [5, 5.41) is 23.2. The van der Waals surface area contributed by atoms with Gasteiger partial charge in [0.05, 0.1) is 11.5 Å². The van der Waals surface area contributed by atoms with Crippen molar-refractivity contribution in [1.82, 2.24) is 5.32 Å². The van der Waals surface area contributed by atoms with Gasteiger partial charge in [-0.15, -0.1) is 0 Å². The van der Waals surface area contributed by atoms with Crippen LogP contribution in [-0.2, 0) is 13.0 Å². The van der Waals surface area contributed by atoms with Gasteiger partial charge in [0.2, 0.25) is 0 Å². The van der Waals surface area contributed by atoms with Gasteiger partial charge in [0.25, 0.3) is 5.91 Å². The molecule has 0 unspecified atom stereocenters. The Bertz CT molecular complexity index is 896.